The van der Waals surface area contributed by atoms with Crippen LogP contribution in [0.15, 0.2) is 71.6 Å². The summed E-state index contributed by atoms with van der Waals surface area (Å²) < 4.78 is 26.5. The van der Waals surface area contributed by atoms with Crippen LogP contribution in [0.2, 0.25) is 0 Å². The van der Waals surface area contributed by atoms with Crippen LogP contribution in [0.4, 0.5) is 5.13 Å². The molecule has 0 unspecified atom stereocenters. The number of anilines is 1. The SMILES string of the molecule is Cc1ccc(S(=O)(=O)CCCC(=O)N(Cc2ccccc2)c2nc3c(C)ccc(C)c3s2)cc1. The van der Waals surface area contributed by atoms with Crippen LogP contribution < -0.4 is 4.90 Å². The summed E-state index contributed by atoms with van der Waals surface area (Å²) in [7, 11) is -3.44. The Morgan fingerprint density at radius 1 is 0.912 bits per heavy atom. The van der Waals surface area contributed by atoms with Gasteiger partial charge in [-0.3, -0.25) is 9.69 Å². The second-order valence-electron chi connectivity index (χ2n) is 8.57. The van der Waals surface area contributed by atoms with E-state index >= 15 is 0 Å². The standard InChI is InChI=1S/C27H28N2O3S2/c1-19-11-15-23(16-12-19)34(31,32)17-7-10-24(30)29(18-22-8-5-4-6-9-22)27-28-25-20(2)13-14-21(3)26(25)33-27/h4-6,8-9,11-16H,7,10,17-18H2,1-3H3. The maximum absolute atomic E-state index is 13.4. The van der Waals surface area contributed by atoms with Crippen LogP contribution in [-0.2, 0) is 21.2 Å². The van der Waals surface area contributed by atoms with Crippen LogP contribution in [0.25, 0.3) is 10.2 Å². The third-order valence-electron chi connectivity index (χ3n) is 5.83. The second-order valence-corrected chi connectivity index (χ2v) is 11.7. The number of sulfone groups is 1. The van der Waals surface area contributed by atoms with Crippen molar-refractivity contribution in [3.05, 3.63) is 89.0 Å². The van der Waals surface area contributed by atoms with E-state index in [0.717, 1.165) is 32.5 Å². The Morgan fingerprint density at radius 3 is 2.26 bits per heavy atom. The van der Waals surface area contributed by atoms with E-state index in [1.54, 1.807) is 29.2 Å². The molecule has 3 aromatic carbocycles. The van der Waals surface area contributed by atoms with Crippen LogP contribution in [-0.4, -0.2) is 25.1 Å². The van der Waals surface area contributed by atoms with Gasteiger partial charge in [-0.1, -0.05) is 71.5 Å². The summed E-state index contributed by atoms with van der Waals surface area (Å²) in [6.07, 6.45) is 0.384. The summed E-state index contributed by atoms with van der Waals surface area (Å²) in [6, 6.07) is 20.7. The quantitative estimate of drug-likeness (QED) is 0.302. The highest BCUT2D eigenvalue weighted by atomic mass is 32.2. The molecule has 0 saturated carbocycles. The molecule has 7 heteroatoms. The van der Waals surface area contributed by atoms with Crippen LogP contribution in [0, 0.1) is 20.8 Å². The smallest absolute Gasteiger partial charge is 0.229 e. The normalized spacial score (nSPS) is 11.6. The number of aromatic nitrogens is 1. The largest absolute Gasteiger partial charge is 0.284 e. The van der Waals surface area contributed by atoms with Gasteiger partial charge in [0.15, 0.2) is 15.0 Å². The Balaban J connectivity index is 1.55. The molecule has 0 atom stereocenters. The zero-order valence-corrected chi connectivity index (χ0v) is 21.2. The summed E-state index contributed by atoms with van der Waals surface area (Å²) in [6.45, 7) is 6.37. The topological polar surface area (TPSA) is 67.3 Å². The maximum atomic E-state index is 13.4. The number of thiazole rings is 1. The van der Waals surface area contributed by atoms with E-state index in [4.69, 9.17) is 4.98 Å². The van der Waals surface area contributed by atoms with Crippen molar-refractivity contribution in [1.29, 1.82) is 0 Å². The van der Waals surface area contributed by atoms with E-state index in [2.05, 4.69) is 6.07 Å². The highest BCUT2D eigenvalue weighted by Gasteiger charge is 2.22. The van der Waals surface area contributed by atoms with Gasteiger partial charge >= 0.3 is 0 Å². The Labute approximate surface area is 205 Å². The van der Waals surface area contributed by atoms with Crippen molar-refractivity contribution in [2.45, 2.75) is 45.1 Å². The third kappa shape index (κ3) is 5.37. The maximum Gasteiger partial charge on any atom is 0.229 e. The lowest BCUT2D eigenvalue weighted by Crippen LogP contribution is -2.30. The van der Waals surface area contributed by atoms with Gasteiger partial charge < -0.3 is 0 Å². The fraction of sp³-hybridized carbons (Fsp3) is 0.259. The minimum absolute atomic E-state index is 0.0704. The van der Waals surface area contributed by atoms with Crippen molar-refractivity contribution >= 4 is 42.4 Å². The van der Waals surface area contributed by atoms with E-state index in [0.29, 0.717) is 16.6 Å². The number of benzene rings is 3. The minimum Gasteiger partial charge on any atom is -0.284 e. The van der Waals surface area contributed by atoms with Crippen LogP contribution in [0.3, 0.4) is 0 Å². The van der Waals surface area contributed by atoms with Crippen molar-refractivity contribution in [3.63, 3.8) is 0 Å². The molecule has 0 bridgehead atoms. The molecule has 0 spiro atoms. The molecule has 4 aromatic rings. The first kappa shape index (κ1) is 24.1. The minimum atomic E-state index is -3.44. The zero-order valence-electron chi connectivity index (χ0n) is 19.6. The van der Waals surface area contributed by atoms with Crippen molar-refractivity contribution < 1.29 is 13.2 Å². The number of carbonyl (C=O) groups is 1. The molecular weight excluding hydrogens is 464 g/mol. The first-order valence-corrected chi connectivity index (χ1v) is 13.7. The molecule has 5 nitrogen and oxygen atoms in total. The number of fused-ring (bicyclic) bond motifs is 1. The number of carbonyl (C=O) groups excluding carboxylic acids is 1. The summed E-state index contributed by atoms with van der Waals surface area (Å²) in [5.74, 6) is -0.198. The van der Waals surface area contributed by atoms with E-state index in [1.165, 1.54) is 11.3 Å². The highest BCUT2D eigenvalue weighted by Crippen LogP contribution is 2.34. The molecule has 0 N–H and O–H groups in total. The lowest BCUT2D eigenvalue weighted by molar-refractivity contribution is -0.118. The zero-order chi connectivity index (χ0) is 24.3. The molecule has 1 amide bonds. The monoisotopic (exact) mass is 492 g/mol. The molecule has 0 aliphatic carbocycles. The number of rotatable bonds is 8. The van der Waals surface area contributed by atoms with Crippen LogP contribution in [0.1, 0.15) is 35.1 Å². The molecular formula is C27H28N2O3S2. The van der Waals surface area contributed by atoms with Gasteiger partial charge in [0.25, 0.3) is 0 Å². The molecule has 1 aromatic heterocycles. The fourth-order valence-electron chi connectivity index (χ4n) is 3.80. The number of amides is 1. The average molecular weight is 493 g/mol. The summed E-state index contributed by atoms with van der Waals surface area (Å²) in [5.41, 5.74) is 5.11. The van der Waals surface area contributed by atoms with Crippen molar-refractivity contribution in [1.82, 2.24) is 4.98 Å². The van der Waals surface area contributed by atoms with Gasteiger partial charge in [0.2, 0.25) is 5.91 Å². The average Bonchev–Trinajstić information content (AvgIpc) is 3.27. The molecule has 0 saturated heterocycles. The van der Waals surface area contributed by atoms with Crippen LogP contribution in [0.5, 0.6) is 0 Å². The van der Waals surface area contributed by atoms with Gasteiger partial charge in [-0.2, -0.15) is 0 Å². The Bertz CT molecular complexity index is 1370. The van der Waals surface area contributed by atoms with Gasteiger partial charge in [0, 0.05) is 6.42 Å². The summed E-state index contributed by atoms with van der Waals surface area (Å²) in [5, 5.41) is 0.641. The van der Waals surface area contributed by atoms with E-state index in [-0.39, 0.29) is 24.5 Å². The first-order valence-electron chi connectivity index (χ1n) is 11.2. The van der Waals surface area contributed by atoms with Gasteiger partial charge in [-0.25, -0.2) is 13.4 Å². The van der Waals surface area contributed by atoms with Gasteiger partial charge in [-0.05, 0) is 56.0 Å². The van der Waals surface area contributed by atoms with Crippen molar-refractivity contribution in [3.8, 4) is 0 Å². The lowest BCUT2D eigenvalue weighted by Gasteiger charge is -2.20. The van der Waals surface area contributed by atoms with E-state index in [9.17, 15) is 13.2 Å². The predicted octanol–water partition coefficient (Wildman–Crippen LogP) is 6.01. The number of nitrogens with zero attached hydrogens (tertiary/aromatic N) is 2. The molecule has 0 fully saturated rings. The van der Waals surface area contributed by atoms with Gasteiger partial charge in [0.1, 0.15) is 0 Å². The molecule has 0 aliphatic rings. The Kier molecular flexibility index (Phi) is 7.14. The summed E-state index contributed by atoms with van der Waals surface area (Å²) in [4.78, 5) is 20.2. The molecule has 176 valence electrons. The highest BCUT2D eigenvalue weighted by molar-refractivity contribution is 7.91. The van der Waals surface area contributed by atoms with Gasteiger partial charge in [0.05, 0.1) is 27.4 Å². The van der Waals surface area contributed by atoms with Crippen molar-refractivity contribution in [2.24, 2.45) is 0 Å². The number of hydrogen-bond acceptors (Lipinski definition) is 5. The number of hydrogen-bond donors (Lipinski definition) is 0. The molecule has 1 heterocycles. The molecule has 0 aliphatic heterocycles. The molecule has 4 rings (SSSR count). The van der Waals surface area contributed by atoms with Crippen LogP contribution >= 0.6 is 11.3 Å². The van der Waals surface area contributed by atoms with Gasteiger partial charge in [-0.15, -0.1) is 0 Å². The Hall–Kier alpha value is -3.03. The third-order valence-corrected chi connectivity index (χ3v) is 8.86. The predicted molar refractivity (Wildman–Crippen MR) is 139 cm³/mol. The van der Waals surface area contributed by atoms with E-state index in [1.807, 2.05) is 57.2 Å². The summed E-state index contributed by atoms with van der Waals surface area (Å²) >= 11 is 1.51. The van der Waals surface area contributed by atoms with E-state index < -0.39 is 9.84 Å². The lowest BCUT2D eigenvalue weighted by atomic mass is 10.1. The second kappa shape index (κ2) is 10.1. The van der Waals surface area contributed by atoms with Crippen molar-refractivity contribution in [2.75, 3.05) is 10.7 Å². The molecule has 34 heavy (non-hydrogen) atoms. The fourth-order valence-corrected chi connectivity index (χ4v) is 6.24. The molecule has 0 radical (unpaired) electrons. The first-order chi connectivity index (χ1) is 16.2. The Morgan fingerprint density at radius 2 is 1.59 bits per heavy atom. The number of aryl methyl sites for hydroxylation is 3.